The fourth-order valence-electron chi connectivity index (χ4n) is 1.96. The van der Waals surface area contributed by atoms with Crippen molar-refractivity contribution in [2.24, 2.45) is 0 Å². The lowest BCUT2D eigenvalue weighted by atomic mass is 10.1. The van der Waals surface area contributed by atoms with Crippen molar-refractivity contribution in [2.45, 2.75) is 39.7 Å². The largest absolute Gasteiger partial charge is 0.456 e. The third kappa shape index (κ3) is 3.50. The zero-order chi connectivity index (χ0) is 12.8. The van der Waals surface area contributed by atoms with Crippen molar-refractivity contribution < 1.29 is 9.21 Å². The van der Waals surface area contributed by atoms with Crippen LogP contribution in [0.3, 0.4) is 0 Å². The average Bonchev–Trinajstić information content (AvgIpc) is 2.75. The van der Waals surface area contributed by atoms with Gasteiger partial charge >= 0.3 is 0 Å². The molecule has 4 heteroatoms. The van der Waals surface area contributed by atoms with Gasteiger partial charge in [-0.2, -0.15) is 0 Å². The van der Waals surface area contributed by atoms with Gasteiger partial charge in [-0.1, -0.05) is 13.8 Å². The minimum absolute atomic E-state index is 0.0625. The molecule has 0 bridgehead atoms. The van der Waals surface area contributed by atoms with Crippen LogP contribution in [-0.4, -0.2) is 29.3 Å². The van der Waals surface area contributed by atoms with Gasteiger partial charge in [-0.05, 0) is 31.9 Å². The predicted molar refractivity (Wildman–Crippen MR) is 69.6 cm³/mol. The van der Waals surface area contributed by atoms with Gasteiger partial charge < -0.3 is 9.32 Å². The Bertz CT molecular complexity index is 358. The van der Waals surface area contributed by atoms with Gasteiger partial charge in [0.25, 0.3) is 5.91 Å². The van der Waals surface area contributed by atoms with E-state index in [1.54, 1.807) is 12.1 Å². The standard InChI is InChI=1S/C13H20ClNO2/c1-4-11(5-2)15(9-8-14)13(16)12-7-6-10(3)17-12/h6-7,11H,4-5,8-9H2,1-3H3. The summed E-state index contributed by atoms with van der Waals surface area (Å²) < 4.78 is 5.38. The number of nitrogens with zero attached hydrogens (tertiary/aromatic N) is 1. The summed E-state index contributed by atoms with van der Waals surface area (Å²) in [6.07, 6.45) is 1.86. The first-order valence-corrected chi connectivity index (χ1v) is 6.60. The summed E-state index contributed by atoms with van der Waals surface area (Å²) >= 11 is 5.77. The SMILES string of the molecule is CCC(CC)N(CCCl)C(=O)c1ccc(C)o1. The van der Waals surface area contributed by atoms with Gasteiger partial charge in [-0.3, -0.25) is 4.79 Å². The lowest BCUT2D eigenvalue weighted by Crippen LogP contribution is -2.40. The fourth-order valence-corrected chi connectivity index (χ4v) is 2.14. The van der Waals surface area contributed by atoms with Crippen molar-refractivity contribution in [2.75, 3.05) is 12.4 Å². The maximum Gasteiger partial charge on any atom is 0.289 e. The van der Waals surface area contributed by atoms with Gasteiger partial charge in [0.2, 0.25) is 0 Å². The van der Waals surface area contributed by atoms with Gasteiger partial charge in [-0.25, -0.2) is 0 Å². The number of carbonyl (C=O) groups excluding carboxylic acids is 1. The summed E-state index contributed by atoms with van der Waals surface area (Å²) in [5.74, 6) is 1.54. The van der Waals surface area contributed by atoms with E-state index in [9.17, 15) is 4.79 Å². The molecule has 0 N–H and O–H groups in total. The summed E-state index contributed by atoms with van der Waals surface area (Å²) in [6, 6.07) is 3.76. The van der Waals surface area contributed by atoms with Crippen molar-refractivity contribution >= 4 is 17.5 Å². The second kappa shape index (κ2) is 6.70. The molecule has 0 unspecified atom stereocenters. The van der Waals surface area contributed by atoms with Crippen LogP contribution in [0.15, 0.2) is 16.5 Å². The molecule has 3 nitrogen and oxygen atoms in total. The second-order valence-corrected chi connectivity index (χ2v) is 4.45. The lowest BCUT2D eigenvalue weighted by Gasteiger charge is -2.29. The van der Waals surface area contributed by atoms with E-state index in [0.29, 0.717) is 18.2 Å². The van der Waals surface area contributed by atoms with Crippen molar-refractivity contribution in [3.05, 3.63) is 23.7 Å². The highest BCUT2D eigenvalue weighted by molar-refractivity contribution is 6.18. The first-order chi connectivity index (χ1) is 8.13. The molecule has 1 amide bonds. The average molecular weight is 258 g/mol. The summed E-state index contributed by atoms with van der Waals surface area (Å²) in [6.45, 7) is 6.55. The lowest BCUT2D eigenvalue weighted by molar-refractivity contribution is 0.0647. The molecule has 0 spiro atoms. The van der Waals surface area contributed by atoms with Crippen LogP contribution >= 0.6 is 11.6 Å². The quantitative estimate of drug-likeness (QED) is 0.732. The second-order valence-electron chi connectivity index (χ2n) is 4.07. The molecule has 0 fully saturated rings. The normalized spacial score (nSPS) is 10.9. The molecule has 17 heavy (non-hydrogen) atoms. The zero-order valence-electron chi connectivity index (χ0n) is 10.7. The van der Waals surface area contributed by atoms with Crippen LogP contribution in [0.5, 0.6) is 0 Å². The van der Waals surface area contributed by atoms with Crippen molar-refractivity contribution in [3.8, 4) is 0 Å². The fraction of sp³-hybridized carbons (Fsp3) is 0.615. The van der Waals surface area contributed by atoms with E-state index in [-0.39, 0.29) is 11.9 Å². The zero-order valence-corrected chi connectivity index (χ0v) is 11.5. The minimum Gasteiger partial charge on any atom is -0.456 e. The minimum atomic E-state index is -0.0625. The number of amides is 1. The van der Waals surface area contributed by atoms with Crippen LogP contribution in [-0.2, 0) is 0 Å². The molecule has 0 radical (unpaired) electrons. The molecule has 1 aromatic heterocycles. The van der Waals surface area contributed by atoms with Crippen molar-refractivity contribution in [1.82, 2.24) is 4.90 Å². The number of furan rings is 1. The number of hydrogen-bond acceptors (Lipinski definition) is 2. The van der Waals surface area contributed by atoms with E-state index in [1.165, 1.54) is 0 Å². The van der Waals surface area contributed by atoms with E-state index in [1.807, 2.05) is 11.8 Å². The molecule has 0 saturated carbocycles. The molecule has 96 valence electrons. The maximum atomic E-state index is 12.3. The molecule has 0 aliphatic heterocycles. The number of alkyl halides is 1. The molecular weight excluding hydrogens is 238 g/mol. The highest BCUT2D eigenvalue weighted by atomic mass is 35.5. The van der Waals surface area contributed by atoms with Crippen LogP contribution in [0.4, 0.5) is 0 Å². The predicted octanol–water partition coefficient (Wildman–Crippen LogP) is 3.46. The number of rotatable bonds is 6. The molecule has 0 atom stereocenters. The highest BCUT2D eigenvalue weighted by Crippen LogP contribution is 2.15. The molecular formula is C13H20ClNO2. The van der Waals surface area contributed by atoms with E-state index in [2.05, 4.69) is 13.8 Å². The van der Waals surface area contributed by atoms with Crippen molar-refractivity contribution in [3.63, 3.8) is 0 Å². The van der Waals surface area contributed by atoms with Crippen LogP contribution < -0.4 is 0 Å². The van der Waals surface area contributed by atoms with Gasteiger partial charge in [0.15, 0.2) is 5.76 Å². The maximum absolute atomic E-state index is 12.3. The number of carbonyl (C=O) groups is 1. The topological polar surface area (TPSA) is 33.5 Å². The number of hydrogen-bond donors (Lipinski definition) is 0. The smallest absolute Gasteiger partial charge is 0.289 e. The highest BCUT2D eigenvalue weighted by Gasteiger charge is 2.23. The van der Waals surface area contributed by atoms with E-state index in [0.717, 1.165) is 18.6 Å². The summed E-state index contributed by atoms with van der Waals surface area (Å²) in [7, 11) is 0. The Morgan fingerprint density at radius 3 is 2.47 bits per heavy atom. The van der Waals surface area contributed by atoms with Crippen LogP contribution in [0.1, 0.15) is 43.0 Å². The first-order valence-electron chi connectivity index (χ1n) is 6.07. The summed E-state index contributed by atoms with van der Waals surface area (Å²) in [5.41, 5.74) is 0. The number of aryl methyl sites for hydroxylation is 1. The molecule has 0 aliphatic carbocycles. The van der Waals surface area contributed by atoms with Crippen molar-refractivity contribution in [1.29, 1.82) is 0 Å². The van der Waals surface area contributed by atoms with E-state index in [4.69, 9.17) is 16.0 Å². The van der Waals surface area contributed by atoms with Gasteiger partial charge in [0, 0.05) is 18.5 Å². The molecule has 0 aromatic carbocycles. The Hall–Kier alpha value is -0.960. The van der Waals surface area contributed by atoms with Crippen LogP contribution in [0.25, 0.3) is 0 Å². The third-order valence-electron chi connectivity index (χ3n) is 2.92. The Labute approximate surface area is 108 Å². The Kier molecular flexibility index (Phi) is 5.56. The molecule has 1 rings (SSSR count). The summed E-state index contributed by atoms with van der Waals surface area (Å²) in [4.78, 5) is 14.1. The third-order valence-corrected chi connectivity index (χ3v) is 3.09. The van der Waals surface area contributed by atoms with Gasteiger partial charge in [0.1, 0.15) is 5.76 Å². The number of halogens is 1. The molecule has 0 saturated heterocycles. The Morgan fingerprint density at radius 1 is 1.41 bits per heavy atom. The molecule has 1 aromatic rings. The Balaban J connectivity index is 2.86. The van der Waals surface area contributed by atoms with Gasteiger partial charge in [-0.15, -0.1) is 11.6 Å². The van der Waals surface area contributed by atoms with Crippen LogP contribution in [0, 0.1) is 6.92 Å². The van der Waals surface area contributed by atoms with E-state index >= 15 is 0 Å². The molecule has 1 heterocycles. The van der Waals surface area contributed by atoms with Gasteiger partial charge in [0.05, 0.1) is 0 Å². The monoisotopic (exact) mass is 257 g/mol. The van der Waals surface area contributed by atoms with Crippen LogP contribution in [0.2, 0.25) is 0 Å². The Morgan fingerprint density at radius 2 is 2.06 bits per heavy atom. The molecule has 0 aliphatic rings. The van der Waals surface area contributed by atoms with E-state index < -0.39 is 0 Å². The summed E-state index contributed by atoms with van der Waals surface area (Å²) in [5, 5.41) is 0. The first kappa shape index (κ1) is 14.1.